The maximum atomic E-state index is 11.6. The van der Waals surface area contributed by atoms with Gasteiger partial charge in [0.1, 0.15) is 0 Å². The van der Waals surface area contributed by atoms with E-state index < -0.39 is 5.97 Å². The van der Waals surface area contributed by atoms with Gasteiger partial charge in [-0.2, -0.15) is 0 Å². The number of carbonyl (C=O) groups excluding carboxylic acids is 1. The molecule has 0 spiro atoms. The Balaban J connectivity index is 2.58. The number of benzene rings is 1. The summed E-state index contributed by atoms with van der Waals surface area (Å²) < 4.78 is 0. The highest BCUT2D eigenvalue weighted by molar-refractivity contribution is 5.89. The highest BCUT2D eigenvalue weighted by Crippen LogP contribution is 2.12. The Labute approximate surface area is 112 Å². The fourth-order valence-corrected chi connectivity index (χ4v) is 1.49. The second-order valence-corrected chi connectivity index (χ2v) is 4.22. The largest absolute Gasteiger partial charge is 0.481 e. The second kappa shape index (κ2) is 7.20. The first-order chi connectivity index (χ1) is 9.01. The predicted octanol–water partition coefficient (Wildman–Crippen LogP) is 2.40. The molecular formula is C14H18N2O3. The molecule has 5 heteroatoms. The smallest absolute Gasteiger partial charge is 0.319 e. The lowest BCUT2D eigenvalue weighted by atomic mass is 10.1. The van der Waals surface area contributed by atoms with E-state index >= 15 is 0 Å². The van der Waals surface area contributed by atoms with Gasteiger partial charge in [0.2, 0.25) is 0 Å². The van der Waals surface area contributed by atoms with E-state index in [2.05, 4.69) is 17.2 Å². The minimum atomic E-state index is -0.837. The van der Waals surface area contributed by atoms with E-state index in [0.717, 1.165) is 5.56 Å². The zero-order chi connectivity index (χ0) is 14.3. The van der Waals surface area contributed by atoms with Crippen LogP contribution in [0.5, 0.6) is 0 Å². The van der Waals surface area contributed by atoms with Crippen LogP contribution in [0.15, 0.2) is 36.9 Å². The number of nitrogens with one attached hydrogen (secondary N) is 2. The molecule has 19 heavy (non-hydrogen) atoms. The minimum Gasteiger partial charge on any atom is -0.481 e. The van der Waals surface area contributed by atoms with Crippen LogP contribution >= 0.6 is 0 Å². The zero-order valence-electron chi connectivity index (χ0n) is 10.8. The number of hydrogen-bond acceptors (Lipinski definition) is 2. The molecule has 0 fully saturated rings. The quantitative estimate of drug-likeness (QED) is 0.689. The van der Waals surface area contributed by atoms with Crippen molar-refractivity contribution in [1.82, 2.24) is 5.32 Å². The molecule has 0 saturated carbocycles. The maximum Gasteiger partial charge on any atom is 0.319 e. The molecule has 0 saturated heterocycles. The van der Waals surface area contributed by atoms with E-state index in [-0.39, 0.29) is 18.5 Å². The van der Waals surface area contributed by atoms with Crippen LogP contribution in [0.3, 0.4) is 0 Å². The topological polar surface area (TPSA) is 78.4 Å². The molecule has 102 valence electrons. The molecule has 2 amide bonds. The Kier molecular flexibility index (Phi) is 5.60. The summed E-state index contributed by atoms with van der Waals surface area (Å²) in [5.41, 5.74) is 1.51. The third kappa shape index (κ3) is 5.72. The molecule has 3 N–H and O–H groups in total. The summed E-state index contributed by atoms with van der Waals surface area (Å²) in [6, 6.07) is 6.70. The van der Waals surface area contributed by atoms with Crippen LogP contribution in [0.4, 0.5) is 10.5 Å². The van der Waals surface area contributed by atoms with Gasteiger partial charge in [-0.25, -0.2) is 4.79 Å². The van der Waals surface area contributed by atoms with Gasteiger partial charge in [-0.15, -0.1) is 6.58 Å². The molecule has 0 bridgehead atoms. The number of urea groups is 1. The van der Waals surface area contributed by atoms with E-state index in [9.17, 15) is 9.59 Å². The lowest BCUT2D eigenvalue weighted by Crippen LogP contribution is -2.34. The Morgan fingerprint density at radius 3 is 2.84 bits per heavy atom. The minimum absolute atomic E-state index is 0.0726. The maximum absolute atomic E-state index is 11.6. The van der Waals surface area contributed by atoms with Gasteiger partial charge < -0.3 is 15.7 Å². The summed E-state index contributed by atoms with van der Waals surface area (Å²) in [5, 5.41) is 14.0. The van der Waals surface area contributed by atoms with Crippen molar-refractivity contribution < 1.29 is 14.7 Å². The summed E-state index contributed by atoms with van der Waals surface area (Å²) in [5.74, 6) is -0.837. The van der Waals surface area contributed by atoms with Crippen LogP contribution in [0.2, 0.25) is 0 Å². The number of aliphatic carboxylic acids is 1. The molecule has 1 aromatic carbocycles. The van der Waals surface area contributed by atoms with Crippen LogP contribution in [-0.2, 0) is 11.2 Å². The number of carbonyl (C=O) groups is 2. The van der Waals surface area contributed by atoms with Gasteiger partial charge in [-0.05, 0) is 31.0 Å². The van der Waals surface area contributed by atoms with Crippen LogP contribution in [0, 0.1) is 0 Å². The summed E-state index contributed by atoms with van der Waals surface area (Å²) in [6.07, 6.45) is 2.14. The molecule has 1 unspecified atom stereocenters. The summed E-state index contributed by atoms with van der Waals surface area (Å²) in [7, 11) is 0. The van der Waals surface area contributed by atoms with Crippen LogP contribution in [0.1, 0.15) is 18.9 Å². The normalized spacial score (nSPS) is 11.4. The Bertz CT molecular complexity index is 472. The number of aryl methyl sites for hydroxylation is 1. The van der Waals surface area contributed by atoms with Gasteiger partial charge in [0.15, 0.2) is 0 Å². The molecular weight excluding hydrogens is 244 g/mol. The van der Waals surface area contributed by atoms with Crippen LogP contribution < -0.4 is 10.6 Å². The average molecular weight is 262 g/mol. The lowest BCUT2D eigenvalue weighted by molar-refractivity contribution is -0.136. The average Bonchev–Trinajstić information content (AvgIpc) is 2.36. The third-order valence-corrected chi connectivity index (χ3v) is 2.52. The number of hydrogen-bond donors (Lipinski definition) is 3. The molecule has 0 heterocycles. The van der Waals surface area contributed by atoms with Gasteiger partial charge in [0.05, 0.1) is 0 Å². The predicted molar refractivity (Wildman–Crippen MR) is 74.2 cm³/mol. The van der Waals surface area contributed by atoms with Crippen molar-refractivity contribution >= 4 is 17.7 Å². The van der Waals surface area contributed by atoms with Gasteiger partial charge in [-0.1, -0.05) is 18.2 Å². The SMILES string of the molecule is C=CC(C)NC(=O)Nc1cccc(CCC(=O)O)c1. The lowest BCUT2D eigenvalue weighted by Gasteiger charge is -2.11. The van der Waals surface area contributed by atoms with E-state index in [4.69, 9.17) is 5.11 Å². The summed E-state index contributed by atoms with van der Waals surface area (Å²) in [4.78, 5) is 22.1. The molecule has 0 aromatic heterocycles. The van der Waals surface area contributed by atoms with Crippen molar-refractivity contribution in [3.63, 3.8) is 0 Å². The Morgan fingerprint density at radius 1 is 1.47 bits per heavy atom. The first-order valence-electron chi connectivity index (χ1n) is 6.02. The van der Waals surface area contributed by atoms with E-state index in [0.29, 0.717) is 12.1 Å². The molecule has 1 rings (SSSR count). The standard InChI is InChI=1S/C14H18N2O3/c1-3-10(2)15-14(19)16-12-6-4-5-11(9-12)7-8-13(17)18/h3-6,9-10H,1,7-8H2,2H3,(H,17,18)(H2,15,16,19). The molecule has 0 aliphatic carbocycles. The van der Waals surface area contributed by atoms with Crippen molar-refractivity contribution in [3.8, 4) is 0 Å². The Hall–Kier alpha value is -2.30. The second-order valence-electron chi connectivity index (χ2n) is 4.22. The van der Waals surface area contributed by atoms with Crippen molar-refractivity contribution in [2.24, 2.45) is 0 Å². The molecule has 5 nitrogen and oxygen atoms in total. The number of carboxylic acids is 1. The number of carboxylic acid groups (broad SMARTS) is 1. The molecule has 0 aliphatic heterocycles. The van der Waals surface area contributed by atoms with Crippen LogP contribution in [-0.4, -0.2) is 23.1 Å². The van der Waals surface area contributed by atoms with Crippen molar-refractivity contribution in [2.45, 2.75) is 25.8 Å². The third-order valence-electron chi connectivity index (χ3n) is 2.52. The molecule has 0 radical (unpaired) electrons. The van der Waals surface area contributed by atoms with E-state index in [1.54, 1.807) is 24.3 Å². The van der Waals surface area contributed by atoms with E-state index in [1.165, 1.54) is 0 Å². The molecule has 1 atom stereocenters. The highest BCUT2D eigenvalue weighted by Gasteiger charge is 2.05. The first kappa shape index (κ1) is 14.8. The van der Waals surface area contributed by atoms with Crippen molar-refractivity contribution in [2.75, 3.05) is 5.32 Å². The van der Waals surface area contributed by atoms with Crippen LogP contribution in [0.25, 0.3) is 0 Å². The zero-order valence-corrected chi connectivity index (χ0v) is 10.8. The molecule has 1 aromatic rings. The number of rotatable bonds is 6. The fraction of sp³-hybridized carbons (Fsp3) is 0.286. The van der Waals surface area contributed by atoms with Gasteiger partial charge in [0.25, 0.3) is 0 Å². The Morgan fingerprint density at radius 2 is 2.21 bits per heavy atom. The van der Waals surface area contributed by atoms with Gasteiger partial charge in [-0.3, -0.25) is 4.79 Å². The van der Waals surface area contributed by atoms with E-state index in [1.807, 2.05) is 13.0 Å². The summed E-state index contributed by atoms with van der Waals surface area (Å²) in [6.45, 7) is 5.39. The monoisotopic (exact) mass is 262 g/mol. The number of amides is 2. The highest BCUT2D eigenvalue weighted by atomic mass is 16.4. The summed E-state index contributed by atoms with van der Waals surface area (Å²) >= 11 is 0. The van der Waals surface area contributed by atoms with Gasteiger partial charge >= 0.3 is 12.0 Å². The fourth-order valence-electron chi connectivity index (χ4n) is 1.49. The van der Waals surface area contributed by atoms with Gasteiger partial charge in [0, 0.05) is 18.2 Å². The van der Waals surface area contributed by atoms with Crippen molar-refractivity contribution in [3.05, 3.63) is 42.5 Å². The number of anilines is 1. The molecule has 0 aliphatic rings. The van der Waals surface area contributed by atoms with Crippen molar-refractivity contribution in [1.29, 1.82) is 0 Å². The first-order valence-corrected chi connectivity index (χ1v) is 6.02.